The van der Waals surface area contributed by atoms with E-state index in [9.17, 15) is 29.8 Å². The molecule has 1 aromatic heterocycles. The number of carboxylic acids is 2. The Morgan fingerprint density at radius 1 is 1.09 bits per heavy atom. The lowest BCUT2D eigenvalue weighted by Crippen LogP contribution is -2.21. The number of benzene rings is 1. The molecule has 1 heterocycles. The van der Waals surface area contributed by atoms with Gasteiger partial charge in [0.2, 0.25) is 5.91 Å². The third kappa shape index (κ3) is 2.73. The Labute approximate surface area is 130 Å². The van der Waals surface area contributed by atoms with E-state index in [1.54, 1.807) is 12.1 Å². The van der Waals surface area contributed by atoms with Crippen LogP contribution in [0.2, 0.25) is 0 Å². The molecule has 1 amide bonds. The number of hydrogen-bond acceptors (Lipinski definition) is 4. The maximum atomic E-state index is 11.7. The third-order valence-corrected chi connectivity index (χ3v) is 3.26. The molecule has 0 atom stereocenters. The molecule has 0 fully saturated rings. The Hall–Kier alpha value is -3.29. The number of aliphatic carboxylic acids is 1. The van der Waals surface area contributed by atoms with Crippen molar-refractivity contribution in [3.05, 3.63) is 41.2 Å². The molecule has 0 saturated heterocycles. The molecular weight excluding hydrogens is 304 g/mol. The van der Waals surface area contributed by atoms with Crippen LogP contribution in [0.4, 0.5) is 0 Å². The van der Waals surface area contributed by atoms with Crippen LogP contribution >= 0.6 is 0 Å². The molecule has 1 aromatic carbocycles. The van der Waals surface area contributed by atoms with E-state index in [-0.39, 0.29) is 22.2 Å². The van der Waals surface area contributed by atoms with Crippen LogP contribution in [-0.2, 0) is 9.59 Å². The van der Waals surface area contributed by atoms with Gasteiger partial charge < -0.3 is 20.7 Å². The van der Waals surface area contributed by atoms with Crippen molar-refractivity contribution in [2.45, 2.75) is 13.8 Å². The predicted octanol–water partition coefficient (Wildman–Crippen LogP) is 1.53. The summed E-state index contributed by atoms with van der Waals surface area (Å²) in [6.45, 7) is 2.55. The van der Waals surface area contributed by atoms with Gasteiger partial charge in [-0.2, -0.15) is 4.73 Å². The van der Waals surface area contributed by atoms with Gasteiger partial charge in [0.05, 0.1) is 11.1 Å². The van der Waals surface area contributed by atoms with E-state index in [1.165, 1.54) is 26.0 Å². The summed E-state index contributed by atoms with van der Waals surface area (Å²) < 4.78 is 0.428. The zero-order valence-corrected chi connectivity index (χ0v) is 12.3. The first-order chi connectivity index (χ1) is 10.8. The summed E-state index contributed by atoms with van der Waals surface area (Å²) in [6, 6.07) is 6.12. The molecule has 23 heavy (non-hydrogen) atoms. The van der Waals surface area contributed by atoms with Crippen molar-refractivity contribution < 1.29 is 29.8 Å². The minimum absolute atomic E-state index is 0.0242. The van der Waals surface area contributed by atoms with E-state index >= 15 is 0 Å². The highest BCUT2D eigenvalue weighted by atomic mass is 16.5. The van der Waals surface area contributed by atoms with Crippen LogP contribution in [0.15, 0.2) is 30.0 Å². The maximum Gasteiger partial charge on any atom is 0.356 e. The normalized spacial score (nSPS) is 11.9. The minimum Gasteiger partial charge on any atom is -0.478 e. The molecule has 0 aliphatic rings. The summed E-state index contributed by atoms with van der Waals surface area (Å²) in [4.78, 5) is 34.3. The standard InChI is InChI=1S/C15H14N2O6/c1-7(16-8(2)18)11(14(19)20)12-9-5-3-4-6-10(9)17(23)13(12)15(21)22/h3-6,23H,1-2H3,(H,16,18)(H,19,20)(H,21,22)/b11-7-. The zero-order valence-electron chi connectivity index (χ0n) is 12.3. The summed E-state index contributed by atoms with van der Waals surface area (Å²) in [6.07, 6.45) is 0. The van der Waals surface area contributed by atoms with E-state index in [1.807, 2.05) is 0 Å². The Kier molecular flexibility index (Phi) is 4.08. The number of nitrogens with one attached hydrogen (secondary N) is 1. The second-order valence-electron chi connectivity index (χ2n) is 4.84. The SMILES string of the molecule is CC(=O)N/C(C)=C(\C(=O)O)c1c(C(=O)O)n(O)c2ccccc12. The van der Waals surface area contributed by atoms with Crippen molar-refractivity contribution in [3.63, 3.8) is 0 Å². The summed E-state index contributed by atoms with van der Waals surface area (Å²) in [5.74, 6) is -3.41. The summed E-state index contributed by atoms with van der Waals surface area (Å²) >= 11 is 0. The minimum atomic E-state index is -1.49. The third-order valence-electron chi connectivity index (χ3n) is 3.26. The molecule has 0 aliphatic carbocycles. The number of carbonyl (C=O) groups is 3. The van der Waals surface area contributed by atoms with Crippen LogP contribution in [0, 0.1) is 0 Å². The fraction of sp³-hybridized carbons (Fsp3) is 0.133. The number of fused-ring (bicyclic) bond motifs is 1. The lowest BCUT2D eigenvalue weighted by molar-refractivity contribution is -0.130. The van der Waals surface area contributed by atoms with Crippen molar-refractivity contribution in [1.29, 1.82) is 0 Å². The second kappa shape index (κ2) is 5.84. The quantitative estimate of drug-likeness (QED) is 0.500. The largest absolute Gasteiger partial charge is 0.478 e. The Bertz CT molecular complexity index is 862. The average molecular weight is 318 g/mol. The smallest absolute Gasteiger partial charge is 0.356 e. The number of amides is 1. The van der Waals surface area contributed by atoms with Crippen LogP contribution in [0.5, 0.6) is 0 Å². The van der Waals surface area contributed by atoms with E-state index in [4.69, 9.17) is 0 Å². The number of nitrogens with zero attached hydrogens (tertiary/aromatic N) is 1. The first kappa shape index (κ1) is 16.1. The summed E-state index contributed by atoms with van der Waals surface area (Å²) in [5.41, 5.74) is -1.04. The second-order valence-corrected chi connectivity index (χ2v) is 4.84. The highest BCUT2D eigenvalue weighted by Crippen LogP contribution is 2.32. The fourth-order valence-electron chi connectivity index (χ4n) is 2.46. The van der Waals surface area contributed by atoms with Gasteiger partial charge in [-0.1, -0.05) is 18.2 Å². The first-order valence-corrected chi connectivity index (χ1v) is 6.53. The van der Waals surface area contributed by atoms with Crippen molar-refractivity contribution in [2.24, 2.45) is 0 Å². The Morgan fingerprint density at radius 3 is 2.22 bits per heavy atom. The molecule has 0 unspecified atom stereocenters. The number of para-hydroxylation sites is 1. The van der Waals surface area contributed by atoms with E-state index < -0.39 is 29.1 Å². The summed E-state index contributed by atoms with van der Waals surface area (Å²) in [7, 11) is 0. The molecule has 120 valence electrons. The zero-order chi connectivity index (χ0) is 17.3. The van der Waals surface area contributed by atoms with Gasteiger partial charge in [-0.05, 0) is 13.0 Å². The number of carboxylic acid groups (broad SMARTS) is 2. The van der Waals surface area contributed by atoms with Gasteiger partial charge >= 0.3 is 11.9 Å². The highest BCUT2D eigenvalue weighted by molar-refractivity contribution is 6.23. The van der Waals surface area contributed by atoms with Crippen molar-refractivity contribution in [3.8, 4) is 0 Å². The average Bonchev–Trinajstić information content (AvgIpc) is 2.72. The molecule has 4 N–H and O–H groups in total. The topological polar surface area (TPSA) is 129 Å². The van der Waals surface area contributed by atoms with Gasteiger partial charge in [-0.15, -0.1) is 0 Å². The van der Waals surface area contributed by atoms with Gasteiger partial charge in [0.25, 0.3) is 0 Å². The van der Waals surface area contributed by atoms with Crippen LogP contribution in [0.3, 0.4) is 0 Å². The summed E-state index contributed by atoms with van der Waals surface area (Å²) in [5, 5.41) is 31.5. The van der Waals surface area contributed by atoms with Crippen LogP contribution < -0.4 is 5.32 Å². The molecule has 2 rings (SSSR count). The number of aromatic nitrogens is 1. The number of hydrogen-bond donors (Lipinski definition) is 4. The molecular formula is C15H14N2O6. The van der Waals surface area contributed by atoms with E-state index in [0.29, 0.717) is 4.73 Å². The number of aromatic carboxylic acids is 1. The fourth-order valence-corrected chi connectivity index (χ4v) is 2.46. The van der Waals surface area contributed by atoms with Crippen LogP contribution in [0.1, 0.15) is 29.9 Å². The van der Waals surface area contributed by atoms with Crippen LogP contribution in [-0.4, -0.2) is 38.0 Å². The van der Waals surface area contributed by atoms with Crippen LogP contribution in [0.25, 0.3) is 16.5 Å². The first-order valence-electron chi connectivity index (χ1n) is 6.53. The van der Waals surface area contributed by atoms with Crippen molar-refractivity contribution >= 4 is 34.3 Å². The monoisotopic (exact) mass is 318 g/mol. The predicted molar refractivity (Wildman–Crippen MR) is 80.1 cm³/mol. The lowest BCUT2D eigenvalue weighted by atomic mass is 10.00. The van der Waals surface area contributed by atoms with Crippen molar-refractivity contribution in [1.82, 2.24) is 10.0 Å². The number of carbonyl (C=O) groups excluding carboxylic acids is 1. The van der Waals surface area contributed by atoms with Gasteiger partial charge in [0, 0.05) is 23.6 Å². The molecule has 0 bridgehead atoms. The van der Waals surface area contributed by atoms with E-state index in [2.05, 4.69) is 5.32 Å². The highest BCUT2D eigenvalue weighted by Gasteiger charge is 2.29. The molecule has 8 nitrogen and oxygen atoms in total. The molecule has 0 radical (unpaired) electrons. The number of allylic oxidation sites excluding steroid dienone is 1. The molecule has 0 saturated carbocycles. The van der Waals surface area contributed by atoms with Gasteiger partial charge in [0.15, 0.2) is 5.69 Å². The molecule has 0 spiro atoms. The van der Waals surface area contributed by atoms with E-state index in [0.717, 1.165) is 0 Å². The van der Waals surface area contributed by atoms with Crippen molar-refractivity contribution in [2.75, 3.05) is 0 Å². The molecule has 0 aliphatic heterocycles. The lowest BCUT2D eigenvalue weighted by Gasteiger charge is -2.09. The Balaban J connectivity index is 2.94. The van der Waals surface area contributed by atoms with Gasteiger partial charge in [-0.25, -0.2) is 9.59 Å². The van der Waals surface area contributed by atoms with Gasteiger partial charge in [0.1, 0.15) is 0 Å². The molecule has 2 aromatic rings. The molecule has 8 heteroatoms. The number of rotatable bonds is 4. The maximum absolute atomic E-state index is 11.7. The Morgan fingerprint density at radius 2 is 1.70 bits per heavy atom. The van der Waals surface area contributed by atoms with Gasteiger partial charge in [-0.3, -0.25) is 4.79 Å².